The second-order valence-corrected chi connectivity index (χ2v) is 6.28. The monoisotopic (exact) mass is 312 g/mol. The summed E-state index contributed by atoms with van der Waals surface area (Å²) in [6.07, 6.45) is 8.15. The van der Waals surface area contributed by atoms with Gasteiger partial charge in [0.15, 0.2) is 5.60 Å². The Labute approximate surface area is 143 Å². The van der Waals surface area contributed by atoms with E-state index in [1.807, 2.05) is 6.07 Å². The zero-order chi connectivity index (χ0) is 16.6. The van der Waals surface area contributed by atoms with Crippen LogP contribution < -0.4 is 0 Å². The van der Waals surface area contributed by atoms with Crippen LogP contribution in [0.5, 0.6) is 0 Å². The predicted octanol–water partition coefficient (Wildman–Crippen LogP) is 5.51. The molecule has 0 N–H and O–H groups in total. The van der Waals surface area contributed by atoms with Crippen molar-refractivity contribution in [3.8, 4) is 23.5 Å². The molecule has 1 aliphatic rings. The molecular weight excluding hydrogens is 292 g/mol. The highest BCUT2D eigenvalue weighted by Crippen LogP contribution is 2.51. The molecule has 0 amide bonds. The zero-order valence-corrected chi connectivity index (χ0v) is 13.9. The van der Waals surface area contributed by atoms with Crippen molar-refractivity contribution >= 4 is 10.8 Å². The van der Waals surface area contributed by atoms with E-state index in [-0.39, 0.29) is 0 Å². The van der Waals surface area contributed by atoms with Crippen LogP contribution in [0.3, 0.4) is 0 Å². The van der Waals surface area contributed by atoms with Crippen molar-refractivity contribution in [3.05, 3.63) is 71.8 Å². The van der Waals surface area contributed by atoms with E-state index in [1.165, 1.54) is 21.9 Å². The zero-order valence-electron chi connectivity index (χ0n) is 13.9. The van der Waals surface area contributed by atoms with Gasteiger partial charge in [-0.3, -0.25) is 0 Å². The molecule has 118 valence electrons. The summed E-state index contributed by atoms with van der Waals surface area (Å²) in [5.74, 6) is 2.99. The van der Waals surface area contributed by atoms with Gasteiger partial charge in [0, 0.05) is 17.7 Å². The van der Waals surface area contributed by atoms with Gasteiger partial charge >= 0.3 is 0 Å². The van der Waals surface area contributed by atoms with Gasteiger partial charge in [0.1, 0.15) is 0 Å². The van der Waals surface area contributed by atoms with Gasteiger partial charge in [-0.2, -0.15) is 0 Å². The molecule has 1 unspecified atom stereocenters. The first-order chi connectivity index (χ1) is 11.8. The van der Waals surface area contributed by atoms with Crippen LogP contribution in [0, 0.1) is 12.3 Å². The van der Waals surface area contributed by atoms with Gasteiger partial charge < -0.3 is 4.74 Å². The molecule has 0 fully saturated rings. The number of ether oxygens (including phenoxy) is 1. The lowest BCUT2D eigenvalue weighted by atomic mass is 9.91. The number of fused-ring (bicyclic) bond motifs is 5. The third kappa shape index (κ3) is 2.00. The summed E-state index contributed by atoms with van der Waals surface area (Å²) < 4.78 is 6.35. The minimum absolute atomic E-state index is 0.668. The van der Waals surface area contributed by atoms with Gasteiger partial charge in [-0.15, -0.1) is 6.42 Å². The topological polar surface area (TPSA) is 9.23 Å². The molecule has 3 aromatic carbocycles. The molecule has 3 aromatic rings. The molecule has 0 aliphatic heterocycles. The second-order valence-electron chi connectivity index (χ2n) is 6.28. The maximum atomic E-state index is 6.35. The molecule has 0 heterocycles. The summed E-state index contributed by atoms with van der Waals surface area (Å²) in [5, 5.41) is 2.46. The molecule has 0 saturated heterocycles. The maximum absolute atomic E-state index is 6.35. The Morgan fingerprint density at radius 1 is 0.958 bits per heavy atom. The molecule has 1 heteroatoms. The molecular formula is C23H20O. The third-order valence-corrected chi connectivity index (χ3v) is 4.90. The highest BCUT2D eigenvalue weighted by Gasteiger charge is 2.43. The standard InChI is InChI=1S/C23H20O/c1-3-5-16-24-23(4-2)20-13-9-8-12-19(20)22-18-11-7-6-10-17(18)14-15-21(22)23/h2,6-15H,3,5,16H2,1H3. The minimum atomic E-state index is -0.773. The summed E-state index contributed by atoms with van der Waals surface area (Å²) in [7, 11) is 0. The van der Waals surface area contributed by atoms with E-state index in [0.717, 1.165) is 24.0 Å². The number of hydrogen-bond acceptors (Lipinski definition) is 1. The number of hydrogen-bond donors (Lipinski definition) is 0. The molecule has 1 aliphatic carbocycles. The SMILES string of the molecule is C#CC1(OCCCC)c2ccccc2-c2c1ccc1ccccc21. The van der Waals surface area contributed by atoms with Crippen LogP contribution in [0.25, 0.3) is 21.9 Å². The average molecular weight is 312 g/mol. The van der Waals surface area contributed by atoms with Crippen LogP contribution in [0.4, 0.5) is 0 Å². The Hall–Kier alpha value is -2.56. The van der Waals surface area contributed by atoms with Gasteiger partial charge in [0.05, 0.1) is 0 Å². The van der Waals surface area contributed by atoms with Crippen molar-refractivity contribution in [2.24, 2.45) is 0 Å². The van der Waals surface area contributed by atoms with Crippen LogP contribution in [0.2, 0.25) is 0 Å². The molecule has 0 aromatic heterocycles. The summed E-state index contributed by atoms with van der Waals surface area (Å²) in [6, 6.07) is 21.1. The van der Waals surface area contributed by atoms with E-state index in [2.05, 4.69) is 67.4 Å². The van der Waals surface area contributed by atoms with Gasteiger partial charge in [-0.25, -0.2) is 0 Å². The molecule has 0 spiro atoms. The van der Waals surface area contributed by atoms with Crippen molar-refractivity contribution < 1.29 is 4.74 Å². The van der Waals surface area contributed by atoms with E-state index in [1.54, 1.807) is 0 Å². The van der Waals surface area contributed by atoms with E-state index in [4.69, 9.17) is 11.2 Å². The van der Waals surface area contributed by atoms with E-state index < -0.39 is 5.60 Å². The lowest BCUT2D eigenvalue weighted by molar-refractivity contribution is 0.0280. The van der Waals surface area contributed by atoms with Crippen LogP contribution in [0.15, 0.2) is 60.7 Å². The van der Waals surface area contributed by atoms with Crippen LogP contribution in [-0.4, -0.2) is 6.61 Å². The first kappa shape index (κ1) is 15.0. The van der Waals surface area contributed by atoms with Crippen LogP contribution in [0.1, 0.15) is 30.9 Å². The quantitative estimate of drug-likeness (QED) is 0.455. The second kappa shape index (κ2) is 5.82. The highest BCUT2D eigenvalue weighted by molar-refractivity contribution is 6.02. The molecule has 0 bridgehead atoms. The highest BCUT2D eigenvalue weighted by atomic mass is 16.5. The van der Waals surface area contributed by atoms with Gasteiger partial charge in [-0.1, -0.05) is 79.9 Å². The van der Waals surface area contributed by atoms with Crippen molar-refractivity contribution in [1.82, 2.24) is 0 Å². The summed E-state index contributed by atoms with van der Waals surface area (Å²) in [4.78, 5) is 0. The molecule has 0 saturated carbocycles. The predicted molar refractivity (Wildman–Crippen MR) is 99.9 cm³/mol. The van der Waals surface area contributed by atoms with E-state index >= 15 is 0 Å². The Kier molecular flexibility index (Phi) is 3.63. The fourth-order valence-corrected chi connectivity index (χ4v) is 3.73. The van der Waals surface area contributed by atoms with Crippen LogP contribution >= 0.6 is 0 Å². The fraction of sp³-hybridized carbons (Fsp3) is 0.217. The van der Waals surface area contributed by atoms with Gasteiger partial charge in [0.2, 0.25) is 0 Å². The number of terminal acetylenes is 1. The number of unbranched alkanes of at least 4 members (excludes halogenated alkanes) is 1. The largest absolute Gasteiger partial charge is 0.354 e. The summed E-state index contributed by atoms with van der Waals surface area (Å²) >= 11 is 0. The summed E-state index contributed by atoms with van der Waals surface area (Å²) in [5.41, 5.74) is 3.83. The lowest BCUT2D eigenvalue weighted by Crippen LogP contribution is -2.27. The average Bonchev–Trinajstić information content (AvgIpc) is 2.93. The normalized spacial score (nSPS) is 18.2. The Bertz CT molecular complexity index is 948. The molecule has 1 atom stereocenters. The molecule has 1 nitrogen and oxygen atoms in total. The molecule has 0 radical (unpaired) electrons. The van der Waals surface area contributed by atoms with E-state index in [9.17, 15) is 0 Å². The smallest absolute Gasteiger partial charge is 0.180 e. The molecule has 24 heavy (non-hydrogen) atoms. The Morgan fingerprint density at radius 2 is 1.75 bits per heavy atom. The minimum Gasteiger partial charge on any atom is -0.354 e. The van der Waals surface area contributed by atoms with Crippen molar-refractivity contribution in [1.29, 1.82) is 0 Å². The number of rotatable bonds is 4. The first-order valence-electron chi connectivity index (χ1n) is 8.55. The molecule has 4 rings (SSSR count). The number of benzene rings is 3. The maximum Gasteiger partial charge on any atom is 0.180 e. The van der Waals surface area contributed by atoms with Crippen LogP contribution in [-0.2, 0) is 10.3 Å². The van der Waals surface area contributed by atoms with E-state index in [0.29, 0.717) is 6.61 Å². The van der Waals surface area contributed by atoms with Gasteiger partial charge in [0.25, 0.3) is 0 Å². The Balaban J connectivity index is 2.02. The first-order valence-corrected chi connectivity index (χ1v) is 8.55. The van der Waals surface area contributed by atoms with Crippen molar-refractivity contribution in [2.75, 3.05) is 6.61 Å². The summed E-state index contributed by atoms with van der Waals surface area (Å²) in [6.45, 7) is 2.83. The van der Waals surface area contributed by atoms with Crippen molar-refractivity contribution in [2.45, 2.75) is 25.4 Å². The lowest BCUT2D eigenvalue weighted by Gasteiger charge is -2.26. The Morgan fingerprint density at radius 3 is 2.58 bits per heavy atom. The fourth-order valence-electron chi connectivity index (χ4n) is 3.73. The van der Waals surface area contributed by atoms with Gasteiger partial charge in [-0.05, 0) is 28.3 Å². The van der Waals surface area contributed by atoms with Crippen molar-refractivity contribution in [3.63, 3.8) is 0 Å². The third-order valence-electron chi connectivity index (χ3n) is 4.90.